The Bertz CT molecular complexity index is 570. The Morgan fingerprint density at radius 3 is 2.68 bits per heavy atom. The van der Waals surface area contributed by atoms with Gasteiger partial charge in [0.15, 0.2) is 0 Å². The number of nitrogens with zero attached hydrogens (tertiary/aromatic N) is 1. The van der Waals surface area contributed by atoms with E-state index < -0.39 is 0 Å². The van der Waals surface area contributed by atoms with Crippen molar-refractivity contribution in [3.8, 4) is 5.69 Å². The molecule has 0 aliphatic heterocycles. The zero-order chi connectivity index (χ0) is 13.2. The van der Waals surface area contributed by atoms with Crippen LogP contribution in [0.1, 0.15) is 30.1 Å². The molecule has 0 unspecified atom stereocenters. The third-order valence-electron chi connectivity index (χ3n) is 3.70. The molecule has 2 aromatic rings. The summed E-state index contributed by atoms with van der Waals surface area (Å²) < 4.78 is 2.00. The van der Waals surface area contributed by atoms with Gasteiger partial charge in [-0.3, -0.25) is 4.79 Å². The molecule has 1 fully saturated rings. The van der Waals surface area contributed by atoms with Gasteiger partial charge in [-0.05, 0) is 56.0 Å². The van der Waals surface area contributed by atoms with Crippen LogP contribution in [0.15, 0.2) is 48.8 Å². The van der Waals surface area contributed by atoms with Crippen LogP contribution < -0.4 is 5.32 Å². The molecule has 1 aromatic heterocycles. The van der Waals surface area contributed by atoms with E-state index in [0.29, 0.717) is 5.92 Å². The van der Waals surface area contributed by atoms with Crippen molar-refractivity contribution in [1.29, 1.82) is 0 Å². The third kappa shape index (κ3) is 2.70. The molecule has 19 heavy (non-hydrogen) atoms. The zero-order valence-electron chi connectivity index (χ0n) is 11.0. The van der Waals surface area contributed by atoms with Gasteiger partial charge < -0.3 is 9.88 Å². The number of rotatable bonds is 4. The molecule has 3 heteroatoms. The summed E-state index contributed by atoms with van der Waals surface area (Å²) in [5.74, 6) is 0.699. The predicted molar refractivity (Wildman–Crippen MR) is 75.4 cm³/mol. The molecule has 0 spiro atoms. The first-order valence-electron chi connectivity index (χ1n) is 6.78. The van der Waals surface area contributed by atoms with E-state index in [1.54, 1.807) is 0 Å². The molecule has 1 aromatic carbocycles. The van der Waals surface area contributed by atoms with Crippen LogP contribution in [0.2, 0.25) is 0 Å². The maximum atomic E-state index is 12.2. The van der Waals surface area contributed by atoms with Crippen LogP contribution >= 0.6 is 0 Å². The Hall–Kier alpha value is -2.03. The summed E-state index contributed by atoms with van der Waals surface area (Å²) in [7, 11) is 0. The Kier molecular flexibility index (Phi) is 3.11. The molecule has 1 atom stereocenters. The number of nitrogens with one attached hydrogen (secondary N) is 1. The number of hydrogen-bond donors (Lipinski definition) is 1. The lowest BCUT2D eigenvalue weighted by Crippen LogP contribution is -2.34. The van der Waals surface area contributed by atoms with Crippen molar-refractivity contribution in [2.75, 3.05) is 0 Å². The van der Waals surface area contributed by atoms with Gasteiger partial charge in [0.2, 0.25) is 0 Å². The Labute approximate surface area is 113 Å². The largest absolute Gasteiger partial charge is 0.349 e. The van der Waals surface area contributed by atoms with Gasteiger partial charge in [0.05, 0.1) is 0 Å². The maximum Gasteiger partial charge on any atom is 0.251 e. The zero-order valence-corrected chi connectivity index (χ0v) is 11.0. The molecule has 3 nitrogen and oxygen atoms in total. The van der Waals surface area contributed by atoms with E-state index in [1.165, 1.54) is 12.8 Å². The summed E-state index contributed by atoms with van der Waals surface area (Å²) in [4.78, 5) is 12.2. The lowest BCUT2D eigenvalue weighted by Gasteiger charge is -2.13. The van der Waals surface area contributed by atoms with E-state index in [1.807, 2.05) is 53.4 Å². The summed E-state index contributed by atoms with van der Waals surface area (Å²) >= 11 is 0. The summed E-state index contributed by atoms with van der Waals surface area (Å²) in [6, 6.07) is 11.9. The molecule has 1 heterocycles. The second kappa shape index (κ2) is 4.92. The van der Waals surface area contributed by atoms with Gasteiger partial charge >= 0.3 is 0 Å². The highest BCUT2D eigenvalue weighted by Crippen LogP contribution is 2.32. The lowest BCUT2D eigenvalue weighted by molar-refractivity contribution is 0.0936. The lowest BCUT2D eigenvalue weighted by atomic mass is 10.1. The highest BCUT2D eigenvalue weighted by atomic mass is 16.1. The highest BCUT2D eigenvalue weighted by molar-refractivity contribution is 5.94. The van der Waals surface area contributed by atoms with Crippen molar-refractivity contribution >= 4 is 5.91 Å². The van der Waals surface area contributed by atoms with E-state index in [4.69, 9.17) is 0 Å². The van der Waals surface area contributed by atoms with Crippen LogP contribution in [0.25, 0.3) is 5.69 Å². The molecule has 3 rings (SSSR count). The van der Waals surface area contributed by atoms with Crippen LogP contribution in [0.3, 0.4) is 0 Å². The van der Waals surface area contributed by atoms with Crippen LogP contribution in [0, 0.1) is 5.92 Å². The highest BCUT2D eigenvalue weighted by Gasteiger charge is 2.29. The summed E-state index contributed by atoms with van der Waals surface area (Å²) in [5.41, 5.74) is 1.73. The average Bonchev–Trinajstić information content (AvgIpc) is 3.14. The SMILES string of the molecule is C[C@@H](NC(=O)c1cccc(-n2cccc2)c1)C1CC1. The van der Waals surface area contributed by atoms with Crippen LogP contribution in [-0.2, 0) is 0 Å². The molecule has 1 aliphatic rings. The number of hydrogen-bond acceptors (Lipinski definition) is 1. The summed E-state index contributed by atoms with van der Waals surface area (Å²) in [6.07, 6.45) is 6.43. The molecule has 0 radical (unpaired) electrons. The number of benzene rings is 1. The van der Waals surface area contributed by atoms with E-state index >= 15 is 0 Å². The Morgan fingerprint density at radius 2 is 2.00 bits per heavy atom. The minimum Gasteiger partial charge on any atom is -0.349 e. The summed E-state index contributed by atoms with van der Waals surface area (Å²) in [6.45, 7) is 2.09. The van der Waals surface area contributed by atoms with Gasteiger partial charge in [0.1, 0.15) is 0 Å². The third-order valence-corrected chi connectivity index (χ3v) is 3.70. The quantitative estimate of drug-likeness (QED) is 0.894. The molecule has 1 saturated carbocycles. The molecule has 1 amide bonds. The van der Waals surface area contributed by atoms with Crippen molar-refractivity contribution in [1.82, 2.24) is 9.88 Å². The number of carbonyl (C=O) groups is 1. The molecule has 1 N–H and O–H groups in total. The number of carbonyl (C=O) groups excluding carboxylic acids is 1. The smallest absolute Gasteiger partial charge is 0.251 e. The second-order valence-corrected chi connectivity index (χ2v) is 5.24. The molecule has 0 bridgehead atoms. The minimum absolute atomic E-state index is 0.0217. The first kappa shape index (κ1) is 12.0. The van der Waals surface area contributed by atoms with Crippen molar-refractivity contribution in [2.24, 2.45) is 5.92 Å². The van der Waals surface area contributed by atoms with Crippen LogP contribution in [0.4, 0.5) is 0 Å². The van der Waals surface area contributed by atoms with E-state index in [2.05, 4.69) is 12.2 Å². The fourth-order valence-corrected chi connectivity index (χ4v) is 2.32. The molecule has 98 valence electrons. The first-order chi connectivity index (χ1) is 9.24. The van der Waals surface area contributed by atoms with Crippen molar-refractivity contribution < 1.29 is 4.79 Å². The first-order valence-corrected chi connectivity index (χ1v) is 6.78. The Balaban J connectivity index is 1.77. The van der Waals surface area contributed by atoms with Crippen molar-refractivity contribution in [2.45, 2.75) is 25.8 Å². The van der Waals surface area contributed by atoms with Gasteiger partial charge in [0.25, 0.3) is 5.91 Å². The Morgan fingerprint density at radius 1 is 1.26 bits per heavy atom. The van der Waals surface area contributed by atoms with Crippen LogP contribution in [0.5, 0.6) is 0 Å². The molecule has 1 aliphatic carbocycles. The minimum atomic E-state index is 0.0217. The van der Waals surface area contributed by atoms with Gasteiger partial charge in [-0.1, -0.05) is 6.07 Å². The maximum absolute atomic E-state index is 12.2. The van der Waals surface area contributed by atoms with Gasteiger partial charge in [-0.15, -0.1) is 0 Å². The molecular weight excluding hydrogens is 236 g/mol. The topological polar surface area (TPSA) is 34.0 Å². The standard InChI is InChI=1S/C16H18N2O/c1-12(13-7-8-13)17-16(19)14-5-4-6-15(11-14)18-9-2-3-10-18/h2-6,9-13H,7-8H2,1H3,(H,17,19)/t12-/m1/s1. The second-order valence-electron chi connectivity index (χ2n) is 5.24. The fourth-order valence-electron chi connectivity index (χ4n) is 2.32. The monoisotopic (exact) mass is 254 g/mol. The number of amides is 1. The van der Waals surface area contributed by atoms with Gasteiger partial charge in [0, 0.05) is 29.7 Å². The van der Waals surface area contributed by atoms with E-state index in [0.717, 1.165) is 11.3 Å². The number of aromatic nitrogens is 1. The fraction of sp³-hybridized carbons (Fsp3) is 0.312. The normalized spacial score (nSPS) is 16.1. The van der Waals surface area contributed by atoms with Gasteiger partial charge in [-0.25, -0.2) is 0 Å². The van der Waals surface area contributed by atoms with Gasteiger partial charge in [-0.2, -0.15) is 0 Å². The predicted octanol–water partition coefficient (Wildman–Crippen LogP) is 3.01. The molecular formula is C16H18N2O. The van der Waals surface area contributed by atoms with Crippen molar-refractivity contribution in [3.63, 3.8) is 0 Å². The summed E-state index contributed by atoms with van der Waals surface area (Å²) in [5, 5.41) is 3.08. The van der Waals surface area contributed by atoms with Crippen molar-refractivity contribution in [3.05, 3.63) is 54.4 Å². The van der Waals surface area contributed by atoms with E-state index in [-0.39, 0.29) is 11.9 Å². The van der Waals surface area contributed by atoms with Crippen LogP contribution in [-0.4, -0.2) is 16.5 Å². The average molecular weight is 254 g/mol. The molecule has 0 saturated heterocycles. The van der Waals surface area contributed by atoms with E-state index in [9.17, 15) is 4.79 Å².